The number of rotatable bonds is 4. The summed E-state index contributed by atoms with van der Waals surface area (Å²) in [6.45, 7) is 1.17. The maximum absolute atomic E-state index is 12.6. The Balaban J connectivity index is 1.49. The average molecular weight is 407 g/mol. The van der Waals surface area contributed by atoms with Gasteiger partial charge in [-0.2, -0.15) is 0 Å². The van der Waals surface area contributed by atoms with Crippen LogP contribution in [-0.2, 0) is 4.79 Å². The summed E-state index contributed by atoms with van der Waals surface area (Å²) in [7, 11) is 0. The smallest absolute Gasteiger partial charge is 0.257 e. The third-order valence-corrected chi connectivity index (χ3v) is 5.08. The van der Waals surface area contributed by atoms with Gasteiger partial charge in [-0.25, -0.2) is 4.98 Å². The maximum atomic E-state index is 12.6. The molecule has 3 aromatic rings. The van der Waals surface area contributed by atoms with Crippen LogP contribution in [0.15, 0.2) is 60.9 Å². The number of hydrogen-bond acceptors (Lipinski definition) is 5. The van der Waals surface area contributed by atoms with Crippen molar-refractivity contribution in [3.05, 3.63) is 71.5 Å². The lowest BCUT2D eigenvalue weighted by atomic mass is 10.1. The molecule has 1 aliphatic heterocycles. The van der Waals surface area contributed by atoms with Gasteiger partial charge in [-0.15, -0.1) is 0 Å². The van der Waals surface area contributed by atoms with Crippen molar-refractivity contribution in [1.29, 1.82) is 0 Å². The van der Waals surface area contributed by atoms with E-state index in [0.717, 1.165) is 24.2 Å². The Bertz CT molecular complexity index is 1040. The zero-order valence-corrected chi connectivity index (χ0v) is 16.4. The highest BCUT2D eigenvalue weighted by Gasteiger charge is 2.18. The number of carbonyl (C=O) groups is 2. The van der Waals surface area contributed by atoms with E-state index >= 15 is 0 Å². The van der Waals surface area contributed by atoms with Crippen LogP contribution in [0, 0.1) is 0 Å². The predicted octanol–water partition coefficient (Wildman–Crippen LogP) is 4.22. The standard InChI is InChI=1S/C22H19ClN4O2/c23-19-8-7-16(12-18(19)20-5-1-2-10-24-20)26-22(29)15-6-9-21(25-13-15)27-11-3-4-17(28)14-27/h1-2,5-10,12-13H,3-4,11,14H2,(H,26,29). The van der Waals surface area contributed by atoms with Crippen LogP contribution in [0.1, 0.15) is 23.2 Å². The van der Waals surface area contributed by atoms with Gasteiger partial charge in [0.05, 0.1) is 22.8 Å². The Morgan fingerprint density at radius 1 is 1.10 bits per heavy atom. The molecule has 2 aromatic heterocycles. The second kappa shape index (κ2) is 8.41. The molecule has 0 saturated carbocycles. The number of nitrogens with one attached hydrogen (secondary N) is 1. The molecule has 7 heteroatoms. The lowest BCUT2D eigenvalue weighted by Crippen LogP contribution is -2.36. The van der Waals surface area contributed by atoms with Gasteiger partial charge in [0.2, 0.25) is 0 Å². The summed E-state index contributed by atoms with van der Waals surface area (Å²) in [5.74, 6) is 0.651. The van der Waals surface area contributed by atoms with Gasteiger partial charge < -0.3 is 10.2 Å². The van der Waals surface area contributed by atoms with Gasteiger partial charge in [-0.3, -0.25) is 14.6 Å². The SMILES string of the molecule is O=C1CCCN(c2ccc(C(=O)Nc3ccc(Cl)c(-c4ccccn4)c3)cn2)C1. The molecule has 0 bridgehead atoms. The van der Waals surface area contributed by atoms with Gasteiger partial charge in [0.1, 0.15) is 5.82 Å². The van der Waals surface area contributed by atoms with Crippen LogP contribution < -0.4 is 10.2 Å². The molecule has 3 heterocycles. The van der Waals surface area contributed by atoms with Gasteiger partial charge in [0, 0.05) is 36.6 Å². The first-order valence-electron chi connectivity index (χ1n) is 9.35. The van der Waals surface area contributed by atoms with Crippen molar-refractivity contribution in [1.82, 2.24) is 9.97 Å². The maximum Gasteiger partial charge on any atom is 0.257 e. The number of halogens is 1. The number of carbonyl (C=O) groups excluding carboxylic acids is 2. The summed E-state index contributed by atoms with van der Waals surface area (Å²) in [5.41, 5.74) is 2.53. The number of benzene rings is 1. The van der Waals surface area contributed by atoms with E-state index in [1.54, 1.807) is 36.5 Å². The number of pyridine rings is 2. The number of Topliss-reactive ketones (excluding diaryl/α,β-unsaturated/α-hetero) is 1. The van der Waals surface area contributed by atoms with Crippen molar-refractivity contribution >= 4 is 34.8 Å². The zero-order valence-electron chi connectivity index (χ0n) is 15.6. The number of aromatic nitrogens is 2. The summed E-state index contributed by atoms with van der Waals surface area (Å²) in [6.07, 6.45) is 4.68. The second-order valence-electron chi connectivity index (χ2n) is 6.83. The van der Waals surface area contributed by atoms with E-state index in [9.17, 15) is 9.59 Å². The lowest BCUT2D eigenvalue weighted by molar-refractivity contribution is -0.118. The monoisotopic (exact) mass is 406 g/mol. The van der Waals surface area contributed by atoms with Crippen molar-refractivity contribution in [3.63, 3.8) is 0 Å². The number of anilines is 2. The minimum atomic E-state index is -0.270. The van der Waals surface area contributed by atoms with Crippen molar-refractivity contribution < 1.29 is 9.59 Å². The predicted molar refractivity (Wildman–Crippen MR) is 113 cm³/mol. The fraction of sp³-hybridized carbons (Fsp3) is 0.182. The highest BCUT2D eigenvalue weighted by Crippen LogP contribution is 2.29. The Morgan fingerprint density at radius 3 is 2.72 bits per heavy atom. The van der Waals surface area contributed by atoms with Gasteiger partial charge in [0.25, 0.3) is 5.91 Å². The molecular formula is C22H19ClN4O2. The molecule has 1 aromatic carbocycles. The zero-order chi connectivity index (χ0) is 20.2. The van der Waals surface area contributed by atoms with E-state index in [4.69, 9.17) is 11.6 Å². The molecular weight excluding hydrogens is 388 g/mol. The summed E-state index contributed by atoms with van der Waals surface area (Å²) >= 11 is 6.29. The molecule has 0 atom stereocenters. The fourth-order valence-corrected chi connectivity index (χ4v) is 3.48. The lowest BCUT2D eigenvalue weighted by Gasteiger charge is -2.26. The highest BCUT2D eigenvalue weighted by atomic mass is 35.5. The van der Waals surface area contributed by atoms with Crippen LogP contribution in [0.2, 0.25) is 5.02 Å². The van der Waals surface area contributed by atoms with E-state index in [1.807, 2.05) is 23.1 Å². The molecule has 1 aliphatic rings. The minimum Gasteiger partial charge on any atom is -0.349 e. The molecule has 0 radical (unpaired) electrons. The van der Waals surface area contributed by atoms with Crippen molar-refractivity contribution in [2.75, 3.05) is 23.3 Å². The van der Waals surface area contributed by atoms with Crippen molar-refractivity contribution in [3.8, 4) is 11.3 Å². The van der Waals surface area contributed by atoms with Crippen LogP contribution >= 0.6 is 11.6 Å². The normalized spacial score (nSPS) is 14.0. The molecule has 1 N–H and O–H groups in total. The largest absolute Gasteiger partial charge is 0.349 e. The first-order chi connectivity index (χ1) is 14.1. The summed E-state index contributed by atoms with van der Waals surface area (Å²) in [6, 6.07) is 14.3. The quantitative estimate of drug-likeness (QED) is 0.702. The van der Waals surface area contributed by atoms with Gasteiger partial charge in [0.15, 0.2) is 5.78 Å². The van der Waals surface area contributed by atoms with Crippen molar-refractivity contribution in [2.45, 2.75) is 12.8 Å². The van der Waals surface area contributed by atoms with Gasteiger partial charge >= 0.3 is 0 Å². The van der Waals surface area contributed by atoms with E-state index in [-0.39, 0.29) is 11.7 Å². The molecule has 1 amide bonds. The molecule has 1 fully saturated rings. The van der Waals surface area contributed by atoms with Crippen LogP contribution in [0.4, 0.5) is 11.5 Å². The second-order valence-corrected chi connectivity index (χ2v) is 7.24. The van der Waals surface area contributed by atoms with E-state index in [2.05, 4.69) is 15.3 Å². The van der Waals surface area contributed by atoms with Gasteiger partial charge in [-0.05, 0) is 48.9 Å². The molecule has 0 aliphatic carbocycles. The molecule has 1 saturated heterocycles. The number of ketones is 1. The summed E-state index contributed by atoms with van der Waals surface area (Å²) in [5, 5.41) is 3.43. The van der Waals surface area contributed by atoms with E-state index < -0.39 is 0 Å². The molecule has 29 heavy (non-hydrogen) atoms. The number of amides is 1. The Kier molecular flexibility index (Phi) is 5.53. The first kappa shape index (κ1) is 19.1. The Hall–Kier alpha value is -3.25. The summed E-state index contributed by atoms with van der Waals surface area (Å²) < 4.78 is 0. The topological polar surface area (TPSA) is 75.2 Å². The number of piperidine rings is 1. The molecule has 0 unspecified atom stereocenters. The molecule has 4 rings (SSSR count). The Labute approximate surface area is 173 Å². The van der Waals surface area contributed by atoms with Gasteiger partial charge in [-0.1, -0.05) is 17.7 Å². The third kappa shape index (κ3) is 4.43. The van der Waals surface area contributed by atoms with Crippen LogP contribution in [0.5, 0.6) is 0 Å². The first-order valence-corrected chi connectivity index (χ1v) is 9.73. The molecule has 0 spiro atoms. The third-order valence-electron chi connectivity index (χ3n) is 4.75. The van der Waals surface area contributed by atoms with Crippen LogP contribution in [-0.4, -0.2) is 34.7 Å². The fourth-order valence-electron chi connectivity index (χ4n) is 3.27. The average Bonchev–Trinajstić information content (AvgIpc) is 2.76. The molecule has 146 valence electrons. The van der Waals surface area contributed by atoms with Crippen LogP contribution in [0.3, 0.4) is 0 Å². The highest BCUT2D eigenvalue weighted by molar-refractivity contribution is 6.33. The Morgan fingerprint density at radius 2 is 2.00 bits per heavy atom. The van der Waals surface area contributed by atoms with E-state index in [1.165, 1.54) is 6.20 Å². The number of nitrogens with zero attached hydrogens (tertiary/aromatic N) is 3. The van der Waals surface area contributed by atoms with Crippen LogP contribution in [0.25, 0.3) is 11.3 Å². The van der Waals surface area contributed by atoms with Crippen molar-refractivity contribution in [2.24, 2.45) is 0 Å². The number of hydrogen-bond donors (Lipinski definition) is 1. The molecule has 6 nitrogen and oxygen atoms in total. The van der Waals surface area contributed by atoms with E-state index in [0.29, 0.717) is 35.1 Å². The minimum absolute atomic E-state index is 0.214. The summed E-state index contributed by atoms with van der Waals surface area (Å²) in [4.78, 5) is 34.9.